The van der Waals surface area contributed by atoms with Gasteiger partial charge in [-0.3, -0.25) is 4.79 Å². The van der Waals surface area contributed by atoms with Crippen LogP contribution in [0.2, 0.25) is 0 Å². The van der Waals surface area contributed by atoms with Gasteiger partial charge >= 0.3 is 0 Å². The lowest BCUT2D eigenvalue weighted by Gasteiger charge is -2.37. The number of carbonyl (C=O) groups is 1. The highest BCUT2D eigenvalue weighted by Gasteiger charge is 2.51. The van der Waals surface area contributed by atoms with Gasteiger partial charge in [0.15, 0.2) is 5.72 Å². The largest absolute Gasteiger partial charge is 0.396 e. The zero-order valence-electron chi connectivity index (χ0n) is 13.8. The molecule has 1 aromatic carbocycles. The summed E-state index contributed by atoms with van der Waals surface area (Å²) in [6.07, 6.45) is 3.98. The maximum atomic E-state index is 12.5. The van der Waals surface area contributed by atoms with Crippen LogP contribution in [0.4, 0.5) is 0 Å². The number of thioether (sulfide) groups is 1. The fourth-order valence-corrected chi connectivity index (χ4v) is 4.29. The molecule has 2 rings (SSSR count). The van der Waals surface area contributed by atoms with Crippen molar-refractivity contribution in [2.24, 2.45) is 0 Å². The number of nitrogens with zero attached hydrogens (tertiary/aromatic N) is 1. The minimum Gasteiger partial charge on any atom is -0.396 e. The van der Waals surface area contributed by atoms with Crippen molar-refractivity contribution in [1.82, 2.24) is 4.90 Å². The van der Waals surface area contributed by atoms with Gasteiger partial charge < -0.3 is 15.1 Å². The van der Waals surface area contributed by atoms with Crippen LogP contribution in [0.3, 0.4) is 0 Å². The molecule has 1 saturated heterocycles. The second-order valence-corrected chi connectivity index (χ2v) is 7.40. The summed E-state index contributed by atoms with van der Waals surface area (Å²) >= 11 is 1.50. The fourth-order valence-electron chi connectivity index (χ4n) is 3.13. The second-order valence-electron chi connectivity index (χ2n) is 6.09. The number of aliphatic hydroxyl groups excluding tert-OH is 1. The summed E-state index contributed by atoms with van der Waals surface area (Å²) in [5.74, 6) is 0.552. The van der Waals surface area contributed by atoms with Gasteiger partial charge in [0.05, 0.1) is 11.9 Å². The Kier molecular flexibility index (Phi) is 6.93. The van der Waals surface area contributed by atoms with Crippen LogP contribution < -0.4 is 0 Å². The predicted molar refractivity (Wildman–Crippen MR) is 94.0 cm³/mol. The summed E-state index contributed by atoms with van der Waals surface area (Å²) in [5, 5.41) is 20.2. The number of hydrogen-bond acceptors (Lipinski definition) is 4. The van der Waals surface area contributed by atoms with Crippen LogP contribution in [0.5, 0.6) is 0 Å². The van der Waals surface area contributed by atoms with E-state index < -0.39 is 5.72 Å². The number of hydrogen-bond donors (Lipinski definition) is 2. The fraction of sp³-hybridized carbons (Fsp3) is 0.611. The monoisotopic (exact) mass is 337 g/mol. The Morgan fingerprint density at radius 1 is 1.30 bits per heavy atom. The molecule has 2 N–H and O–H groups in total. The van der Waals surface area contributed by atoms with Gasteiger partial charge in [-0.2, -0.15) is 11.8 Å². The summed E-state index contributed by atoms with van der Waals surface area (Å²) in [5.41, 5.74) is -0.0790. The molecule has 5 heteroatoms. The molecule has 0 spiro atoms. The van der Waals surface area contributed by atoms with Crippen LogP contribution in [-0.4, -0.2) is 44.4 Å². The predicted octanol–water partition coefficient (Wildman–Crippen LogP) is 2.78. The highest BCUT2D eigenvalue weighted by molar-refractivity contribution is 8.00. The first-order valence-corrected chi connectivity index (χ1v) is 9.46. The van der Waals surface area contributed by atoms with Crippen molar-refractivity contribution >= 4 is 17.7 Å². The maximum absolute atomic E-state index is 12.5. The van der Waals surface area contributed by atoms with E-state index in [-0.39, 0.29) is 17.8 Å². The molecule has 1 aromatic rings. The van der Waals surface area contributed by atoms with Crippen LogP contribution in [0.15, 0.2) is 30.3 Å². The number of unbranched alkanes of at least 4 members (excludes halogenated alkanes) is 2. The Morgan fingerprint density at radius 2 is 2.04 bits per heavy atom. The molecule has 1 amide bonds. The molecule has 0 saturated carbocycles. The first-order chi connectivity index (χ1) is 11.1. The molecule has 2 atom stereocenters. The molecule has 0 bridgehead atoms. The first kappa shape index (κ1) is 18.3. The Balaban J connectivity index is 2.16. The normalized spacial score (nSPS) is 24.4. The van der Waals surface area contributed by atoms with Gasteiger partial charge in [-0.25, -0.2) is 0 Å². The highest BCUT2D eigenvalue weighted by atomic mass is 32.2. The summed E-state index contributed by atoms with van der Waals surface area (Å²) in [6, 6.07) is 9.80. The molecule has 128 valence electrons. The molecule has 1 aliphatic rings. The average Bonchev–Trinajstić information content (AvgIpc) is 2.79. The Bertz CT molecular complexity index is 496. The second kappa shape index (κ2) is 8.71. The first-order valence-electron chi connectivity index (χ1n) is 8.41. The Morgan fingerprint density at radius 3 is 2.70 bits per heavy atom. The molecule has 23 heavy (non-hydrogen) atoms. The van der Waals surface area contributed by atoms with Crippen molar-refractivity contribution in [3.8, 4) is 0 Å². The summed E-state index contributed by atoms with van der Waals surface area (Å²) in [7, 11) is 0. The number of aliphatic hydroxyl groups is 2. The highest BCUT2D eigenvalue weighted by Crippen LogP contribution is 2.41. The van der Waals surface area contributed by atoms with Gasteiger partial charge in [0.1, 0.15) is 0 Å². The van der Waals surface area contributed by atoms with E-state index >= 15 is 0 Å². The van der Waals surface area contributed by atoms with Crippen molar-refractivity contribution in [2.45, 2.75) is 56.5 Å². The Labute approximate surface area is 142 Å². The lowest BCUT2D eigenvalue weighted by molar-refractivity contribution is -0.147. The third-order valence-corrected chi connectivity index (χ3v) is 5.75. The standard InChI is InChI=1S/C18H27NO3S/c1-2-3-7-10-18(22)16(23-12-11-20)13-17(21)19(18)14-15-8-5-4-6-9-15/h4-6,8-9,16,20,22H,2-3,7,10-14H2,1H3. The lowest BCUT2D eigenvalue weighted by Crippen LogP contribution is -2.50. The SMILES string of the molecule is CCCCCC1(O)C(SCCO)CC(=O)N1Cc1ccccc1. The number of amides is 1. The van der Waals surface area contributed by atoms with E-state index in [0.717, 1.165) is 24.8 Å². The van der Waals surface area contributed by atoms with Crippen LogP contribution in [0.25, 0.3) is 0 Å². The molecule has 2 unspecified atom stereocenters. The van der Waals surface area contributed by atoms with Crippen LogP contribution in [0, 0.1) is 0 Å². The number of likely N-dealkylation sites (tertiary alicyclic amines) is 1. The number of benzene rings is 1. The van der Waals surface area contributed by atoms with E-state index in [2.05, 4.69) is 6.92 Å². The van der Waals surface area contributed by atoms with Crippen molar-refractivity contribution in [2.75, 3.05) is 12.4 Å². The van der Waals surface area contributed by atoms with E-state index in [1.807, 2.05) is 30.3 Å². The lowest BCUT2D eigenvalue weighted by atomic mass is 10.0. The van der Waals surface area contributed by atoms with Crippen molar-refractivity contribution in [3.63, 3.8) is 0 Å². The van der Waals surface area contributed by atoms with Crippen molar-refractivity contribution < 1.29 is 15.0 Å². The molecular formula is C18H27NO3S. The van der Waals surface area contributed by atoms with Gasteiger partial charge in [-0.1, -0.05) is 50.1 Å². The van der Waals surface area contributed by atoms with Crippen molar-refractivity contribution in [3.05, 3.63) is 35.9 Å². The third-order valence-electron chi connectivity index (χ3n) is 4.39. The van der Waals surface area contributed by atoms with E-state index in [0.29, 0.717) is 25.1 Å². The summed E-state index contributed by atoms with van der Waals surface area (Å²) in [4.78, 5) is 14.1. The van der Waals surface area contributed by atoms with E-state index in [1.165, 1.54) is 11.8 Å². The van der Waals surface area contributed by atoms with Gasteiger partial charge in [0.25, 0.3) is 0 Å². The van der Waals surface area contributed by atoms with Gasteiger partial charge in [-0.05, 0) is 18.4 Å². The zero-order chi connectivity index (χ0) is 16.7. The van der Waals surface area contributed by atoms with E-state index in [1.54, 1.807) is 4.90 Å². The zero-order valence-corrected chi connectivity index (χ0v) is 14.6. The third kappa shape index (κ3) is 4.49. The number of carbonyl (C=O) groups excluding carboxylic acids is 1. The van der Waals surface area contributed by atoms with Crippen LogP contribution in [0.1, 0.15) is 44.6 Å². The van der Waals surface area contributed by atoms with Gasteiger partial charge in [0.2, 0.25) is 5.91 Å². The van der Waals surface area contributed by atoms with Gasteiger partial charge in [0, 0.05) is 18.7 Å². The van der Waals surface area contributed by atoms with Gasteiger partial charge in [-0.15, -0.1) is 0 Å². The molecular weight excluding hydrogens is 310 g/mol. The topological polar surface area (TPSA) is 60.8 Å². The molecule has 1 aliphatic heterocycles. The molecule has 4 nitrogen and oxygen atoms in total. The van der Waals surface area contributed by atoms with E-state index in [9.17, 15) is 9.90 Å². The summed E-state index contributed by atoms with van der Waals surface area (Å²) < 4.78 is 0. The van der Waals surface area contributed by atoms with E-state index in [4.69, 9.17) is 5.11 Å². The smallest absolute Gasteiger partial charge is 0.226 e. The Hall–Kier alpha value is -1.04. The molecule has 1 heterocycles. The van der Waals surface area contributed by atoms with Crippen LogP contribution >= 0.6 is 11.8 Å². The summed E-state index contributed by atoms with van der Waals surface area (Å²) in [6.45, 7) is 2.64. The molecule has 0 aromatic heterocycles. The minimum atomic E-state index is -1.11. The molecule has 0 radical (unpaired) electrons. The average molecular weight is 337 g/mol. The number of rotatable bonds is 9. The molecule has 0 aliphatic carbocycles. The van der Waals surface area contributed by atoms with Crippen LogP contribution in [-0.2, 0) is 11.3 Å². The maximum Gasteiger partial charge on any atom is 0.226 e. The quantitative estimate of drug-likeness (QED) is 0.680. The van der Waals surface area contributed by atoms with Crippen molar-refractivity contribution in [1.29, 1.82) is 0 Å². The molecule has 1 fully saturated rings. The minimum absolute atomic E-state index is 0.00305.